The predicted octanol–water partition coefficient (Wildman–Crippen LogP) is -0.974. The van der Waals surface area contributed by atoms with Gasteiger partial charge in [-0.05, 0) is 14.0 Å². The number of piperazine rings is 1. The Labute approximate surface area is 73.3 Å². The van der Waals surface area contributed by atoms with Crippen LogP contribution in [0.5, 0.6) is 0 Å². The van der Waals surface area contributed by atoms with Gasteiger partial charge in [-0.2, -0.15) is 0 Å². The first-order valence-corrected chi connectivity index (χ1v) is 4.40. The Balaban J connectivity index is 2.35. The van der Waals surface area contributed by atoms with Crippen molar-refractivity contribution in [3.05, 3.63) is 0 Å². The monoisotopic (exact) mass is 171 g/mol. The largest absolute Gasteiger partial charge is 0.339 e. The van der Waals surface area contributed by atoms with E-state index in [9.17, 15) is 4.79 Å². The van der Waals surface area contributed by atoms with Gasteiger partial charge in [-0.15, -0.1) is 0 Å². The summed E-state index contributed by atoms with van der Waals surface area (Å²) in [5.74, 6) is 0.200. The highest BCUT2D eigenvalue weighted by molar-refractivity contribution is 5.78. The smallest absolute Gasteiger partial charge is 0.236 e. The van der Waals surface area contributed by atoms with Crippen molar-refractivity contribution in [2.24, 2.45) is 0 Å². The summed E-state index contributed by atoms with van der Waals surface area (Å²) in [5, 5.41) is 6.16. The minimum absolute atomic E-state index is 0.200. The van der Waals surface area contributed by atoms with E-state index in [2.05, 4.69) is 17.6 Å². The molecule has 1 rings (SSSR count). The zero-order valence-electron chi connectivity index (χ0n) is 7.76. The molecule has 1 saturated heterocycles. The van der Waals surface area contributed by atoms with Crippen LogP contribution in [0, 0.1) is 0 Å². The van der Waals surface area contributed by atoms with Gasteiger partial charge in [0.1, 0.15) is 0 Å². The molecule has 12 heavy (non-hydrogen) atoms. The summed E-state index contributed by atoms with van der Waals surface area (Å²) in [7, 11) is 1.80. The Hall–Kier alpha value is -0.610. The quantitative estimate of drug-likeness (QED) is 0.561. The first kappa shape index (κ1) is 9.48. The number of amides is 1. The van der Waals surface area contributed by atoms with Crippen LogP contribution >= 0.6 is 0 Å². The fourth-order valence-electron chi connectivity index (χ4n) is 1.42. The molecule has 4 heteroatoms. The molecule has 0 bridgehead atoms. The van der Waals surface area contributed by atoms with Crippen LogP contribution in [0.15, 0.2) is 0 Å². The molecule has 1 aliphatic rings. The molecule has 4 nitrogen and oxygen atoms in total. The zero-order valence-corrected chi connectivity index (χ0v) is 7.76. The highest BCUT2D eigenvalue weighted by atomic mass is 16.2. The second-order valence-electron chi connectivity index (χ2n) is 3.23. The summed E-state index contributed by atoms with van der Waals surface area (Å²) in [6, 6.07) is 0.430. The second kappa shape index (κ2) is 4.42. The standard InChI is InChI=1S/C8H17N3O/c1-7-6-11(4-3-10-7)8(12)5-9-2/h7,9-10H,3-6H2,1-2H3/t7-/m0/s1. The molecule has 70 valence electrons. The van der Waals surface area contributed by atoms with E-state index >= 15 is 0 Å². The molecule has 0 aromatic heterocycles. The molecular formula is C8H17N3O. The van der Waals surface area contributed by atoms with Crippen molar-refractivity contribution >= 4 is 5.91 Å². The second-order valence-corrected chi connectivity index (χ2v) is 3.23. The lowest BCUT2D eigenvalue weighted by Crippen LogP contribution is -2.52. The molecule has 0 unspecified atom stereocenters. The summed E-state index contributed by atoms with van der Waals surface area (Å²) in [5.41, 5.74) is 0. The normalized spacial score (nSPS) is 24.2. The highest BCUT2D eigenvalue weighted by Gasteiger charge is 2.19. The zero-order chi connectivity index (χ0) is 8.97. The van der Waals surface area contributed by atoms with Crippen LogP contribution in [-0.4, -0.2) is 50.1 Å². The molecule has 0 aliphatic carbocycles. The van der Waals surface area contributed by atoms with Gasteiger partial charge in [0.2, 0.25) is 5.91 Å². The molecular weight excluding hydrogens is 154 g/mol. The lowest BCUT2D eigenvalue weighted by atomic mass is 10.2. The number of likely N-dealkylation sites (N-methyl/N-ethyl adjacent to an activating group) is 1. The van der Waals surface area contributed by atoms with Crippen LogP contribution < -0.4 is 10.6 Å². The van der Waals surface area contributed by atoms with Crippen molar-refractivity contribution in [3.63, 3.8) is 0 Å². The fourth-order valence-corrected chi connectivity index (χ4v) is 1.42. The van der Waals surface area contributed by atoms with Gasteiger partial charge in [0.15, 0.2) is 0 Å². The summed E-state index contributed by atoms with van der Waals surface area (Å²) in [4.78, 5) is 13.3. The molecule has 1 fully saturated rings. The molecule has 1 amide bonds. The van der Waals surface area contributed by atoms with Crippen molar-refractivity contribution < 1.29 is 4.79 Å². The van der Waals surface area contributed by atoms with E-state index in [1.54, 1.807) is 7.05 Å². The number of hydrogen-bond acceptors (Lipinski definition) is 3. The lowest BCUT2D eigenvalue weighted by molar-refractivity contribution is -0.131. The third-order valence-electron chi connectivity index (χ3n) is 2.05. The highest BCUT2D eigenvalue weighted by Crippen LogP contribution is 1.97. The van der Waals surface area contributed by atoms with Crippen LogP contribution in [-0.2, 0) is 4.79 Å². The van der Waals surface area contributed by atoms with E-state index in [1.165, 1.54) is 0 Å². The van der Waals surface area contributed by atoms with E-state index in [0.29, 0.717) is 12.6 Å². The molecule has 1 atom stereocenters. The van der Waals surface area contributed by atoms with E-state index in [4.69, 9.17) is 0 Å². The Morgan fingerprint density at radius 3 is 3.08 bits per heavy atom. The molecule has 0 saturated carbocycles. The van der Waals surface area contributed by atoms with Gasteiger partial charge < -0.3 is 15.5 Å². The molecule has 0 aromatic carbocycles. The van der Waals surface area contributed by atoms with Crippen LogP contribution in [0.3, 0.4) is 0 Å². The van der Waals surface area contributed by atoms with E-state index < -0.39 is 0 Å². The third-order valence-corrected chi connectivity index (χ3v) is 2.05. The number of nitrogens with zero attached hydrogens (tertiary/aromatic N) is 1. The van der Waals surface area contributed by atoms with Gasteiger partial charge in [-0.25, -0.2) is 0 Å². The molecule has 1 heterocycles. The van der Waals surface area contributed by atoms with Crippen LogP contribution in [0.2, 0.25) is 0 Å². The summed E-state index contributed by atoms with van der Waals surface area (Å²) < 4.78 is 0. The maximum atomic E-state index is 11.4. The first-order chi connectivity index (χ1) is 5.74. The fraction of sp³-hybridized carbons (Fsp3) is 0.875. The van der Waals surface area contributed by atoms with Crippen LogP contribution in [0.25, 0.3) is 0 Å². The van der Waals surface area contributed by atoms with Gasteiger partial charge in [0.05, 0.1) is 6.54 Å². The molecule has 0 spiro atoms. The summed E-state index contributed by atoms with van der Waals surface area (Å²) in [6.07, 6.45) is 0. The van der Waals surface area contributed by atoms with Crippen molar-refractivity contribution in [2.75, 3.05) is 33.2 Å². The number of nitrogens with one attached hydrogen (secondary N) is 2. The van der Waals surface area contributed by atoms with Crippen LogP contribution in [0.1, 0.15) is 6.92 Å². The maximum absolute atomic E-state index is 11.4. The molecule has 0 radical (unpaired) electrons. The van der Waals surface area contributed by atoms with E-state index in [0.717, 1.165) is 19.6 Å². The molecule has 0 aromatic rings. The van der Waals surface area contributed by atoms with Gasteiger partial charge in [-0.3, -0.25) is 4.79 Å². The SMILES string of the molecule is CNCC(=O)N1CCN[C@@H](C)C1. The minimum Gasteiger partial charge on any atom is -0.339 e. The Bertz CT molecular complexity index is 160. The van der Waals surface area contributed by atoms with Crippen LogP contribution in [0.4, 0.5) is 0 Å². The van der Waals surface area contributed by atoms with Crippen molar-refractivity contribution in [1.29, 1.82) is 0 Å². The number of rotatable bonds is 2. The van der Waals surface area contributed by atoms with Gasteiger partial charge in [0, 0.05) is 25.7 Å². The predicted molar refractivity (Wildman–Crippen MR) is 48.0 cm³/mol. The van der Waals surface area contributed by atoms with Gasteiger partial charge in [0.25, 0.3) is 0 Å². The molecule has 2 N–H and O–H groups in total. The summed E-state index contributed by atoms with van der Waals surface area (Å²) >= 11 is 0. The third kappa shape index (κ3) is 2.46. The Kier molecular flexibility index (Phi) is 3.49. The Morgan fingerprint density at radius 1 is 1.75 bits per heavy atom. The topological polar surface area (TPSA) is 44.4 Å². The van der Waals surface area contributed by atoms with Crippen molar-refractivity contribution in [1.82, 2.24) is 15.5 Å². The Morgan fingerprint density at radius 2 is 2.50 bits per heavy atom. The molecule has 1 aliphatic heterocycles. The van der Waals surface area contributed by atoms with Gasteiger partial charge in [-0.1, -0.05) is 0 Å². The van der Waals surface area contributed by atoms with E-state index in [-0.39, 0.29) is 5.91 Å². The average Bonchev–Trinajstić information content (AvgIpc) is 2.05. The average molecular weight is 171 g/mol. The number of hydrogen-bond donors (Lipinski definition) is 2. The van der Waals surface area contributed by atoms with Crippen molar-refractivity contribution in [3.8, 4) is 0 Å². The maximum Gasteiger partial charge on any atom is 0.236 e. The minimum atomic E-state index is 0.200. The number of carbonyl (C=O) groups excluding carboxylic acids is 1. The number of carbonyl (C=O) groups is 1. The lowest BCUT2D eigenvalue weighted by Gasteiger charge is -2.31. The summed E-state index contributed by atoms with van der Waals surface area (Å²) in [6.45, 7) is 5.13. The first-order valence-electron chi connectivity index (χ1n) is 4.40. The van der Waals surface area contributed by atoms with Crippen molar-refractivity contribution in [2.45, 2.75) is 13.0 Å². The van der Waals surface area contributed by atoms with E-state index in [1.807, 2.05) is 4.90 Å². The van der Waals surface area contributed by atoms with Gasteiger partial charge >= 0.3 is 0 Å².